The van der Waals surface area contributed by atoms with Crippen LogP contribution in [0.1, 0.15) is 24.4 Å². The number of quaternary nitrogens is 1. The van der Waals surface area contributed by atoms with Gasteiger partial charge in [-0.05, 0) is 24.3 Å². The molecule has 150 valence electrons. The summed E-state index contributed by atoms with van der Waals surface area (Å²) in [7, 11) is 4.04. The van der Waals surface area contributed by atoms with E-state index in [1.165, 1.54) is 35.4 Å². The van der Waals surface area contributed by atoms with E-state index in [4.69, 9.17) is 4.74 Å². The number of hydrogen-bond donors (Lipinski definition) is 2. The summed E-state index contributed by atoms with van der Waals surface area (Å²) in [5.41, 5.74) is 2.37. The second kappa shape index (κ2) is 9.55. The molecule has 1 fully saturated rings. The number of carbonyl (C=O) groups excluding carboxylic acids is 1. The lowest BCUT2D eigenvalue weighted by atomic mass is 10.0. The highest BCUT2D eigenvalue weighted by Crippen LogP contribution is 2.17. The van der Waals surface area contributed by atoms with E-state index in [9.17, 15) is 9.18 Å². The second-order valence-corrected chi connectivity index (χ2v) is 7.43. The van der Waals surface area contributed by atoms with Crippen LogP contribution in [-0.2, 0) is 4.79 Å². The number of nitrogens with zero attached hydrogens (tertiary/aromatic N) is 1. The molecule has 0 radical (unpaired) electrons. The monoisotopic (exact) mass is 386 g/mol. The van der Waals surface area contributed by atoms with Gasteiger partial charge in [-0.3, -0.25) is 4.79 Å². The summed E-state index contributed by atoms with van der Waals surface area (Å²) < 4.78 is 18.9. The maximum absolute atomic E-state index is 13.6. The number of anilines is 1. The molecule has 1 atom stereocenters. The van der Waals surface area contributed by atoms with E-state index in [1.54, 1.807) is 12.1 Å². The fourth-order valence-corrected chi connectivity index (χ4v) is 3.65. The highest BCUT2D eigenvalue weighted by Gasteiger charge is 2.27. The molecule has 2 aromatic rings. The van der Waals surface area contributed by atoms with Crippen LogP contribution in [-0.4, -0.2) is 46.2 Å². The number of hydrogen-bond acceptors (Lipinski definition) is 3. The molecule has 0 aliphatic carbocycles. The number of rotatable bonds is 8. The minimum Gasteiger partial charge on any atom is -0.481 e. The molecule has 0 aromatic heterocycles. The molecular weight excluding hydrogens is 357 g/mol. The number of halogens is 1. The highest BCUT2D eigenvalue weighted by atomic mass is 19.1. The molecule has 1 aliphatic rings. The second-order valence-electron chi connectivity index (χ2n) is 7.43. The molecule has 1 heterocycles. The molecule has 0 unspecified atom stereocenters. The van der Waals surface area contributed by atoms with E-state index in [0.29, 0.717) is 6.54 Å². The lowest BCUT2D eigenvalue weighted by molar-refractivity contribution is -0.918. The first-order valence-corrected chi connectivity index (χ1v) is 9.80. The summed E-state index contributed by atoms with van der Waals surface area (Å²) in [6.45, 7) is 2.57. The van der Waals surface area contributed by atoms with Gasteiger partial charge in [0.15, 0.2) is 18.2 Å². The van der Waals surface area contributed by atoms with Crippen molar-refractivity contribution in [3.63, 3.8) is 0 Å². The van der Waals surface area contributed by atoms with Crippen LogP contribution in [0.3, 0.4) is 0 Å². The van der Waals surface area contributed by atoms with Gasteiger partial charge in [0.25, 0.3) is 5.91 Å². The van der Waals surface area contributed by atoms with Crippen molar-refractivity contribution in [1.82, 2.24) is 5.32 Å². The van der Waals surface area contributed by atoms with E-state index < -0.39 is 5.82 Å². The van der Waals surface area contributed by atoms with Gasteiger partial charge >= 0.3 is 0 Å². The van der Waals surface area contributed by atoms with Crippen molar-refractivity contribution in [3.8, 4) is 5.75 Å². The number of amides is 1. The smallest absolute Gasteiger partial charge is 0.258 e. The van der Waals surface area contributed by atoms with Crippen LogP contribution in [0.5, 0.6) is 5.75 Å². The van der Waals surface area contributed by atoms with E-state index in [-0.39, 0.29) is 24.3 Å². The average Bonchev–Trinajstić information content (AvgIpc) is 3.22. The first-order chi connectivity index (χ1) is 13.5. The van der Waals surface area contributed by atoms with Gasteiger partial charge < -0.3 is 19.9 Å². The molecule has 1 aliphatic heterocycles. The van der Waals surface area contributed by atoms with Crippen molar-refractivity contribution in [2.45, 2.75) is 18.9 Å². The predicted octanol–water partition coefficient (Wildman–Crippen LogP) is 1.81. The van der Waals surface area contributed by atoms with Gasteiger partial charge in [-0.2, -0.15) is 0 Å². The van der Waals surface area contributed by atoms with Crippen molar-refractivity contribution in [1.29, 1.82) is 0 Å². The van der Waals surface area contributed by atoms with Crippen LogP contribution in [0.25, 0.3) is 0 Å². The summed E-state index contributed by atoms with van der Waals surface area (Å²) in [5.74, 6) is -0.605. The van der Waals surface area contributed by atoms with Crippen molar-refractivity contribution in [2.75, 3.05) is 45.2 Å². The van der Waals surface area contributed by atoms with Gasteiger partial charge in [-0.1, -0.05) is 24.3 Å². The third-order valence-corrected chi connectivity index (χ3v) is 5.25. The Bertz CT molecular complexity index is 774. The van der Waals surface area contributed by atoms with E-state index in [1.807, 2.05) is 14.1 Å². The van der Waals surface area contributed by atoms with Crippen LogP contribution in [0, 0.1) is 5.82 Å². The molecule has 2 aromatic carbocycles. The minimum atomic E-state index is -0.462. The molecule has 28 heavy (non-hydrogen) atoms. The van der Waals surface area contributed by atoms with Crippen molar-refractivity contribution >= 4 is 11.6 Å². The van der Waals surface area contributed by atoms with Gasteiger partial charge in [0.2, 0.25) is 0 Å². The Morgan fingerprint density at radius 3 is 2.46 bits per heavy atom. The van der Waals surface area contributed by atoms with Crippen LogP contribution >= 0.6 is 0 Å². The minimum absolute atomic E-state index is 0.0960. The Kier molecular flexibility index (Phi) is 6.87. The number of benzene rings is 2. The van der Waals surface area contributed by atoms with Gasteiger partial charge in [0.05, 0.1) is 19.6 Å². The first kappa shape index (κ1) is 20.1. The van der Waals surface area contributed by atoms with E-state index in [0.717, 1.165) is 18.8 Å². The van der Waals surface area contributed by atoms with E-state index in [2.05, 4.69) is 34.5 Å². The number of nitrogens with one attached hydrogen (secondary N) is 2. The number of para-hydroxylation sites is 1. The zero-order valence-electron chi connectivity index (χ0n) is 16.6. The van der Waals surface area contributed by atoms with Crippen LogP contribution in [0.2, 0.25) is 0 Å². The Morgan fingerprint density at radius 1 is 1.14 bits per heavy atom. The zero-order valence-corrected chi connectivity index (χ0v) is 16.6. The molecule has 1 saturated heterocycles. The van der Waals surface area contributed by atoms with Crippen molar-refractivity contribution in [3.05, 3.63) is 59.9 Å². The SMILES string of the molecule is CN(C)c1ccc([C@H](CNC(=O)COc2ccccc2F)[NH+]2CCCC2)cc1. The zero-order chi connectivity index (χ0) is 19.9. The van der Waals surface area contributed by atoms with Gasteiger partial charge in [0, 0.05) is 38.2 Å². The normalized spacial score (nSPS) is 15.2. The molecule has 1 amide bonds. The molecular formula is C22H29FN3O2+. The number of likely N-dealkylation sites (tertiary alicyclic amines) is 1. The lowest BCUT2D eigenvalue weighted by Gasteiger charge is -2.26. The van der Waals surface area contributed by atoms with Crippen LogP contribution in [0.15, 0.2) is 48.5 Å². The summed E-state index contributed by atoms with van der Waals surface area (Å²) >= 11 is 0. The molecule has 5 nitrogen and oxygen atoms in total. The summed E-state index contributed by atoms with van der Waals surface area (Å²) in [4.78, 5) is 15.8. The average molecular weight is 386 g/mol. The maximum Gasteiger partial charge on any atom is 0.258 e. The summed E-state index contributed by atoms with van der Waals surface area (Å²) in [6.07, 6.45) is 2.43. The van der Waals surface area contributed by atoms with E-state index >= 15 is 0 Å². The van der Waals surface area contributed by atoms with Gasteiger partial charge in [-0.15, -0.1) is 0 Å². The summed E-state index contributed by atoms with van der Waals surface area (Å²) in [5, 5.41) is 2.97. The quantitative estimate of drug-likeness (QED) is 0.727. The lowest BCUT2D eigenvalue weighted by Crippen LogP contribution is -3.11. The van der Waals surface area contributed by atoms with Crippen molar-refractivity contribution < 1.29 is 18.8 Å². The first-order valence-electron chi connectivity index (χ1n) is 9.80. The Labute approximate surface area is 166 Å². The molecule has 0 spiro atoms. The molecule has 6 heteroatoms. The third-order valence-electron chi connectivity index (χ3n) is 5.25. The fraction of sp³-hybridized carbons (Fsp3) is 0.409. The Balaban J connectivity index is 1.60. The standard InChI is InChI=1S/C22H28FN3O2/c1-25(2)18-11-9-17(10-12-18)20(26-13-5-6-14-26)15-24-22(27)16-28-21-8-4-3-7-19(21)23/h3-4,7-12,20H,5-6,13-16H2,1-2H3,(H,24,27)/p+1/t20-/m0/s1. The number of ether oxygens (including phenoxy) is 1. The molecule has 0 bridgehead atoms. The van der Waals surface area contributed by atoms with Gasteiger partial charge in [0.1, 0.15) is 6.04 Å². The molecule has 0 saturated carbocycles. The number of carbonyl (C=O) groups is 1. The maximum atomic E-state index is 13.6. The fourth-order valence-electron chi connectivity index (χ4n) is 3.65. The third kappa shape index (κ3) is 5.23. The Hall–Kier alpha value is -2.60. The highest BCUT2D eigenvalue weighted by molar-refractivity contribution is 5.77. The van der Waals surface area contributed by atoms with Crippen molar-refractivity contribution in [2.24, 2.45) is 0 Å². The van der Waals surface area contributed by atoms with Crippen LogP contribution < -0.4 is 19.9 Å². The molecule has 2 N–H and O–H groups in total. The largest absolute Gasteiger partial charge is 0.481 e. The topological polar surface area (TPSA) is 46.0 Å². The predicted molar refractivity (Wildman–Crippen MR) is 108 cm³/mol. The van der Waals surface area contributed by atoms with Crippen LogP contribution in [0.4, 0.5) is 10.1 Å². The Morgan fingerprint density at radius 2 is 1.82 bits per heavy atom. The summed E-state index contributed by atoms with van der Waals surface area (Å²) in [6, 6.07) is 14.8. The van der Waals surface area contributed by atoms with Gasteiger partial charge in [-0.25, -0.2) is 4.39 Å². The molecule has 3 rings (SSSR count).